The van der Waals surface area contributed by atoms with Crippen molar-refractivity contribution in [1.82, 2.24) is 4.90 Å². The maximum Gasteiger partial charge on any atom is 0.0722 e. The standard InChI is InChI=1S/C18H29NO/c1-4-5-11-18(20)15(2)12-19(13-16(18)3)14-17-9-7-6-8-10-17/h6-10,15-16,20H,4-5,11-14H2,1-3H3/t15-,16+,18+. The average molecular weight is 275 g/mol. The molecule has 1 aromatic rings. The number of nitrogens with zero attached hydrogens (tertiary/aromatic N) is 1. The highest BCUT2D eigenvalue weighted by Crippen LogP contribution is 2.37. The maximum atomic E-state index is 11.0. The van der Waals surface area contributed by atoms with Gasteiger partial charge in [-0.3, -0.25) is 4.90 Å². The van der Waals surface area contributed by atoms with E-state index < -0.39 is 5.60 Å². The van der Waals surface area contributed by atoms with E-state index in [2.05, 4.69) is 56.0 Å². The summed E-state index contributed by atoms with van der Waals surface area (Å²) in [5, 5.41) is 11.0. The van der Waals surface area contributed by atoms with Crippen molar-refractivity contribution in [3.8, 4) is 0 Å². The summed E-state index contributed by atoms with van der Waals surface area (Å²) in [5.74, 6) is 0.697. The molecule has 2 rings (SSSR count). The molecule has 1 N–H and O–H groups in total. The van der Waals surface area contributed by atoms with E-state index in [4.69, 9.17) is 0 Å². The zero-order valence-electron chi connectivity index (χ0n) is 13.2. The van der Waals surface area contributed by atoms with Gasteiger partial charge >= 0.3 is 0 Å². The van der Waals surface area contributed by atoms with Crippen molar-refractivity contribution >= 4 is 0 Å². The molecule has 1 heterocycles. The zero-order chi connectivity index (χ0) is 14.6. The highest BCUT2D eigenvalue weighted by atomic mass is 16.3. The Morgan fingerprint density at radius 1 is 1.15 bits per heavy atom. The summed E-state index contributed by atoms with van der Waals surface area (Å²) < 4.78 is 0. The molecule has 0 unspecified atom stereocenters. The van der Waals surface area contributed by atoms with E-state index in [0.29, 0.717) is 11.8 Å². The van der Waals surface area contributed by atoms with Crippen molar-refractivity contribution in [2.24, 2.45) is 11.8 Å². The van der Waals surface area contributed by atoms with Gasteiger partial charge in [0.2, 0.25) is 0 Å². The van der Waals surface area contributed by atoms with Gasteiger partial charge in [0.05, 0.1) is 5.60 Å². The lowest BCUT2D eigenvalue weighted by molar-refractivity contribution is -0.113. The Morgan fingerprint density at radius 3 is 2.30 bits per heavy atom. The van der Waals surface area contributed by atoms with Crippen LogP contribution in [0.2, 0.25) is 0 Å². The summed E-state index contributed by atoms with van der Waals surface area (Å²) >= 11 is 0. The Bertz CT molecular complexity index is 391. The molecule has 20 heavy (non-hydrogen) atoms. The zero-order valence-corrected chi connectivity index (χ0v) is 13.2. The fourth-order valence-electron chi connectivity index (χ4n) is 3.57. The van der Waals surface area contributed by atoms with E-state index in [1.807, 2.05) is 0 Å². The molecule has 1 aliphatic rings. The second-order valence-electron chi connectivity index (χ2n) is 6.58. The van der Waals surface area contributed by atoms with Crippen LogP contribution in [0, 0.1) is 11.8 Å². The molecule has 2 heteroatoms. The minimum atomic E-state index is -0.469. The van der Waals surface area contributed by atoms with Crippen LogP contribution in [0.3, 0.4) is 0 Å². The van der Waals surface area contributed by atoms with Crippen molar-refractivity contribution < 1.29 is 5.11 Å². The number of rotatable bonds is 5. The van der Waals surface area contributed by atoms with Gasteiger partial charge in [-0.25, -0.2) is 0 Å². The Balaban J connectivity index is 1.98. The van der Waals surface area contributed by atoms with E-state index in [-0.39, 0.29) is 0 Å². The van der Waals surface area contributed by atoms with Gasteiger partial charge in [-0.1, -0.05) is 63.9 Å². The van der Waals surface area contributed by atoms with E-state index in [0.717, 1.165) is 38.9 Å². The van der Waals surface area contributed by atoms with Crippen LogP contribution in [-0.2, 0) is 6.54 Å². The van der Waals surface area contributed by atoms with Gasteiger partial charge in [-0.2, -0.15) is 0 Å². The van der Waals surface area contributed by atoms with Crippen molar-refractivity contribution in [2.45, 2.75) is 52.2 Å². The Labute approximate surface area is 123 Å². The first-order valence-corrected chi connectivity index (χ1v) is 8.05. The topological polar surface area (TPSA) is 23.5 Å². The summed E-state index contributed by atoms with van der Waals surface area (Å²) in [5.41, 5.74) is 0.898. The summed E-state index contributed by atoms with van der Waals surface area (Å²) in [7, 11) is 0. The van der Waals surface area contributed by atoms with Gasteiger partial charge in [0, 0.05) is 19.6 Å². The third-order valence-electron chi connectivity index (χ3n) is 4.95. The molecule has 0 aromatic heterocycles. The minimum Gasteiger partial charge on any atom is -0.389 e. The molecule has 1 aromatic carbocycles. The Hall–Kier alpha value is -0.860. The second-order valence-corrected chi connectivity index (χ2v) is 6.58. The Morgan fingerprint density at radius 2 is 1.75 bits per heavy atom. The fourth-order valence-corrected chi connectivity index (χ4v) is 3.57. The first kappa shape index (κ1) is 15.5. The van der Waals surface area contributed by atoms with Crippen molar-refractivity contribution in [3.63, 3.8) is 0 Å². The molecule has 0 amide bonds. The van der Waals surface area contributed by atoms with Gasteiger partial charge in [-0.15, -0.1) is 0 Å². The first-order valence-electron chi connectivity index (χ1n) is 8.05. The maximum absolute atomic E-state index is 11.0. The van der Waals surface area contributed by atoms with Crippen LogP contribution in [0.5, 0.6) is 0 Å². The summed E-state index contributed by atoms with van der Waals surface area (Å²) in [6.07, 6.45) is 3.24. The molecule has 1 fully saturated rings. The van der Waals surface area contributed by atoms with Crippen LogP contribution in [0.1, 0.15) is 45.6 Å². The highest BCUT2D eigenvalue weighted by Gasteiger charge is 2.43. The summed E-state index contributed by atoms with van der Waals surface area (Å²) in [6, 6.07) is 10.6. The fraction of sp³-hybridized carbons (Fsp3) is 0.667. The van der Waals surface area contributed by atoms with Gasteiger partial charge in [0.25, 0.3) is 0 Å². The molecule has 0 aliphatic carbocycles. The van der Waals surface area contributed by atoms with Crippen molar-refractivity contribution in [3.05, 3.63) is 35.9 Å². The van der Waals surface area contributed by atoms with Gasteiger partial charge in [0.15, 0.2) is 0 Å². The van der Waals surface area contributed by atoms with E-state index >= 15 is 0 Å². The SMILES string of the molecule is CCCC[C@]1(O)[C@H](C)CN(Cc2ccccc2)C[C@@H]1C. The van der Waals surface area contributed by atoms with Crippen LogP contribution in [0.4, 0.5) is 0 Å². The van der Waals surface area contributed by atoms with Crippen molar-refractivity contribution in [1.29, 1.82) is 0 Å². The summed E-state index contributed by atoms with van der Waals surface area (Å²) in [6.45, 7) is 9.62. The smallest absolute Gasteiger partial charge is 0.0722 e. The predicted octanol–water partition coefficient (Wildman–Crippen LogP) is 3.70. The Kier molecular flexibility index (Phi) is 5.22. The monoisotopic (exact) mass is 275 g/mol. The quantitative estimate of drug-likeness (QED) is 0.886. The molecular formula is C18H29NO. The van der Waals surface area contributed by atoms with Crippen LogP contribution >= 0.6 is 0 Å². The molecule has 112 valence electrons. The van der Waals surface area contributed by atoms with Gasteiger partial charge < -0.3 is 5.11 Å². The highest BCUT2D eigenvalue weighted by molar-refractivity contribution is 5.14. The lowest BCUT2D eigenvalue weighted by Crippen LogP contribution is -2.56. The number of unbranched alkanes of at least 4 members (excludes halogenated alkanes) is 1. The van der Waals surface area contributed by atoms with E-state index in [1.165, 1.54) is 5.56 Å². The van der Waals surface area contributed by atoms with Gasteiger partial charge in [0.1, 0.15) is 0 Å². The number of hydrogen-bond donors (Lipinski definition) is 1. The number of aliphatic hydroxyl groups is 1. The average Bonchev–Trinajstić information content (AvgIpc) is 2.44. The van der Waals surface area contributed by atoms with Crippen LogP contribution in [-0.4, -0.2) is 28.7 Å². The lowest BCUT2D eigenvalue weighted by atomic mass is 9.72. The first-order chi connectivity index (χ1) is 9.56. The molecule has 0 spiro atoms. The molecule has 1 aliphatic heterocycles. The van der Waals surface area contributed by atoms with Crippen LogP contribution in [0.25, 0.3) is 0 Å². The molecule has 3 atom stereocenters. The number of piperidine rings is 1. The minimum absolute atomic E-state index is 0.349. The predicted molar refractivity (Wildman–Crippen MR) is 84.5 cm³/mol. The molecule has 1 saturated heterocycles. The van der Waals surface area contributed by atoms with Crippen LogP contribution in [0.15, 0.2) is 30.3 Å². The lowest BCUT2D eigenvalue weighted by Gasteiger charge is -2.48. The van der Waals surface area contributed by atoms with E-state index in [1.54, 1.807) is 0 Å². The number of hydrogen-bond acceptors (Lipinski definition) is 2. The van der Waals surface area contributed by atoms with Crippen molar-refractivity contribution in [2.75, 3.05) is 13.1 Å². The normalized spacial score (nSPS) is 31.4. The molecule has 2 nitrogen and oxygen atoms in total. The summed E-state index contributed by atoms with van der Waals surface area (Å²) in [4.78, 5) is 2.49. The second kappa shape index (κ2) is 6.73. The molecule has 0 saturated carbocycles. The van der Waals surface area contributed by atoms with Gasteiger partial charge in [-0.05, 0) is 23.8 Å². The number of likely N-dealkylation sites (tertiary alicyclic amines) is 1. The van der Waals surface area contributed by atoms with E-state index in [9.17, 15) is 5.11 Å². The molecule has 0 radical (unpaired) electrons. The molecule has 0 bridgehead atoms. The third kappa shape index (κ3) is 3.42. The molecular weight excluding hydrogens is 246 g/mol. The number of benzene rings is 1. The van der Waals surface area contributed by atoms with Crippen LogP contribution < -0.4 is 0 Å². The largest absolute Gasteiger partial charge is 0.389 e. The third-order valence-corrected chi connectivity index (χ3v) is 4.95.